The van der Waals surface area contributed by atoms with Crippen molar-refractivity contribution in [2.75, 3.05) is 5.73 Å². The molecule has 8 heavy (non-hydrogen) atoms. The van der Waals surface area contributed by atoms with E-state index >= 15 is 0 Å². The molecule has 0 atom stereocenters. The van der Waals surface area contributed by atoms with Gasteiger partial charge in [-0.25, -0.2) is 4.98 Å². The van der Waals surface area contributed by atoms with Gasteiger partial charge in [0, 0.05) is 17.8 Å². The Morgan fingerprint density at radius 2 is 2.38 bits per heavy atom. The number of halogens is 1. The normalized spacial score (nSPS) is 9.12. The first-order valence-corrected chi connectivity index (χ1v) is 2.59. The summed E-state index contributed by atoms with van der Waals surface area (Å²) >= 11 is 5.51. The van der Waals surface area contributed by atoms with Crippen LogP contribution < -0.4 is 10.7 Å². The van der Waals surface area contributed by atoms with Crippen LogP contribution in [0, 0.1) is 0 Å². The molecule has 0 spiro atoms. The Labute approximate surface area is 52.3 Å². The summed E-state index contributed by atoms with van der Waals surface area (Å²) in [5.41, 5.74) is 6.03. The van der Waals surface area contributed by atoms with Crippen LogP contribution >= 0.6 is 11.6 Å². The lowest BCUT2D eigenvalue weighted by atomic mass is 10.4. The van der Waals surface area contributed by atoms with Crippen molar-refractivity contribution in [3.8, 4) is 0 Å². The smallest absolute Gasteiger partial charge is 0.275 e. The lowest BCUT2D eigenvalue weighted by Gasteiger charge is -1.83. The average molecular weight is 130 g/mol. The quantitative estimate of drug-likeness (QED) is 0.516. The summed E-state index contributed by atoms with van der Waals surface area (Å²) in [6.07, 6.45) is 1.69. The molecule has 0 aliphatic carbocycles. The number of pyridine rings is 1. The van der Waals surface area contributed by atoms with E-state index in [1.807, 2.05) is 0 Å². The summed E-state index contributed by atoms with van der Waals surface area (Å²) < 4.78 is 0. The molecule has 3 heteroatoms. The van der Waals surface area contributed by atoms with Crippen LogP contribution in [-0.4, -0.2) is 0 Å². The highest BCUT2D eigenvalue weighted by Crippen LogP contribution is 2.02. The molecular weight excluding hydrogens is 124 g/mol. The molecule has 2 nitrogen and oxygen atoms in total. The largest absolute Gasteiger partial charge is 0.398 e. The van der Waals surface area contributed by atoms with Crippen LogP contribution in [-0.2, 0) is 0 Å². The van der Waals surface area contributed by atoms with Gasteiger partial charge in [-0.1, -0.05) is 0 Å². The van der Waals surface area contributed by atoms with Crippen molar-refractivity contribution in [2.45, 2.75) is 0 Å². The third-order valence-corrected chi connectivity index (χ3v) is 1.01. The van der Waals surface area contributed by atoms with Crippen molar-refractivity contribution in [1.82, 2.24) is 0 Å². The Bertz CT molecular complexity index is 170. The van der Waals surface area contributed by atoms with Gasteiger partial charge in [-0.3, -0.25) is 0 Å². The van der Waals surface area contributed by atoms with E-state index < -0.39 is 0 Å². The van der Waals surface area contributed by atoms with Gasteiger partial charge in [-0.15, -0.1) is 0 Å². The third-order valence-electron chi connectivity index (χ3n) is 0.790. The molecule has 0 bridgehead atoms. The number of rotatable bonds is 0. The first-order valence-electron chi connectivity index (χ1n) is 2.22. The molecule has 0 fully saturated rings. The van der Waals surface area contributed by atoms with Gasteiger partial charge in [0.2, 0.25) is 0 Å². The summed E-state index contributed by atoms with van der Waals surface area (Å²) in [6.45, 7) is 0. The number of nitrogens with one attached hydrogen (secondary N) is 1. The first-order chi connectivity index (χ1) is 3.79. The van der Waals surface area contributed by atoms with Crippen molar-refractivity contribution >= 4 is 17.3 Å². The Morgan fingerprint density at radius 1 is 1.62 bits per heavy atom. The van der Waals surface area contributed by atoms with Crippen LogP contribution in [0.4, 0.5) is 5.69 Å². The number of hydrogen-bond acceptors (Lipinski definition) is 1. The number of H-pyrrole nitrogens is 1. The Morgan fingerprint density at radius 3 is 2.75 bits per heavy atom. The topological polar surface area (TPSA) is 40.2 Å². The van der Waals surface area contributed by atoms with E-state index in [1.54, 1.807) is 18.3 Å². The van der Waals surface area contributed by atoms with E-state index in [2.05, 4.69) is 4.98 Å². The molecule has 0 amide bonds. The van der Waals surface area contributed by atoms with E-state index in [1.165, 1.54) is 0 Å². The Balaban J connectivity index is 3.08. The molecule has 0 radical (unpaired) electrons. The van der Waals surface area contributed by atoms with Crippen LogP contribution in [0.2, 0.25) is 5.15 Å². The van der Waals surface area contributed by atoms with Crippen LogP contribution in [0.25, 0.3) is 0 Å². The van der Waals surface area contributed by atoms with Crippen molar-refractivity contribution < 1.29 is 4.98 Å². The average Bonchev–Trinajstić information content (AvgIpc) is 1.64. The fraction of sp³-hybridized carbons (Fsp3) is 0. The zero-order chi connectivity index (χ0) is 5.98. The second kappa shape index (κ2) is 2.01. The van der Waals surface area contributed by atoms with Gasteiger partial charge < -0.3 is 5.73 Å². The van der Waals surface area contributed by atoms with Crippen molar-refractivity contribution in [3.63, 3.8) is 0 Å². The van der Waals surface area contributed by atoms with Gasteiger partial charge >= 0.3 is 0 Å². The molecular formula is C5H6ClN2+. The predicted molar refractivity (Wildman–Crippen MR) is 32.4 cm³/mol. The number of hydrogen-bond donors (Lipinski definition) is 1. The molecule has 0 aliphatic rings. The molecule has 1 aromatic heterocycles. The minimum Gasteiger partial charge on any atom is -0.398 e. The van der Waals surface area contributed by atoms with Crippen molar-refractivity contribution in [2.24, 2.45) is 0 Å². The second-order valence-corrected chi connectivity index (χ2v) is 1.88. The number of aromatic amines is 1. The number of aromatic nitrogens is 1. The first kappa shape index (κ1) is 5.38. The summed E-state index contributed by atoms with van der Waals surface area (Å²) in [6, 6.07) is 3.40. The summed E-state index contributed by atoms with van der Waals surface area (Å²) in [5.74, 6) is 0. The molecule has 3 N–H and O–H groups in total. The molecule has 1 aromatic rings. The zero-order valence-corrected chi connectivity index (χ0v) is 4.94. The molecule has 0 saturated carbocycles. The monoisotopic (exact) mass is 129 g/mol. The highest BCUT2D eigenvalue weighted by molar-refractivity contribution is 6.28. The van der Waals surface area contributed by atoms with Gasteiger partial charge in [0.15, 0.2) is 6.20 Å². The van der Waals surface area contributed by atoms with Crippen LogP contribution in [0.3, 0.4) is 0 Å². The molecule has 0 saturated heterocycles. The minimum atomic E-state index is 0.560. The highest BCUT2D eigenvalue weighted by Gasteiger charge is 1.92. The van der Waals surface area contributed by atoms with Gasteiger partial charge in [0.05, 0.1) is 0 Å². The molecule has 0 aromatic carbocycles. The van der Waals surface area contributed by atoms with Gasteiger partial charge in [0.25, 0.3) is 5.15 Å². The minimum absolute atomic E-state index is 0.560. The molecule has 0 unspecified atom stereocenters. The standard InChI is InChI=1S/C5H5ClN2/c6-5-3-4(7)1-2-8-5/h1-3H,(H2,7,8)/p+1. The second-order valence-electron chi connectivity index (χ2n) is 1.47. The van der Waals surface area contributed by atoms with Crippen LogP contribution in [0.5, 0.6) is 0 Å². The lowest BCUT2D eigenvalue weighted by molar-refractivity contribution is -0.375. The SMILES string of the molecule is Nc1cc[nH+]c(Cl)c1. The molecule has 1 rings (SSSR count). The van der Waals surface area contributed by atoms with Crippen molar-refractivity contribution in [3.05, 3.63) is 23.5 Å². The Hall–Kier alpha value is -0.760. The fourth-order valence-electron chi connectivity index (χ4n) is 0.454. The zero-order valence-electron chi connectivity index (χ0n) is 4.19. The van der Waals surface area contributed by atoms with E-state index in [0.29, 0.717) is 10.8 Å². The number of nitrogen functional groups attached to an aromatic ring is 1. The van der Waals surface area contributed by atoms with E-state index in [-0.39, 0.29) is 0 Å². The number of nitrogens with two attached hydrogens (primary N) is 1. The van der Waals surface area contributed by atoms with Gasteiger partial charge in [-0.05, 0) is 11.6 Å². The maximum Gasteiger partial charge on any atom is 0.275 e. The van der Waals surface area contributed by atoms with Crippen LogP contribution in [0.15, 0.2) is 18.3 Å². The summed E-state index contributed by atoms with van der Waals surface area (Å²) in [7, 11) is 0. The number of anilines is 1. The van der Waals surface area contributed by atoms with Gasteiger partial charge in [0.1, 0.15) is 0 Å². The van der Waals surface area contributed by atoms with Gasteiger partial charge in [-0.2, -0.15) is 0 Å². The maximum atomic E-state index is 5.51. The summed E-state index contributed by atoms with van der Waals surface area (Å²) in [4.78, 5) is 2.76. The predicted octanol–water partition coefficient (Wildman–Crippen LogP) is 0.736. The van der Waals surface area contributed by atoms with E-state index in [0.717, 1.165) is 0 Å². The maximum absolute atomic E-state index is 5.51. The lowest BCUT2D eigenvalue weighted by Crippen LogP contribution is -2.01. The van der Waals surface area contributed by atoms with E-state index in [9.17, 15) is 0 Å². The summed E-state index contributed by atoms with van der Waals surface area (Å²) in [5, 5.41) is 0.560. The molecule has 0 aliphatic heterocycles. The highest BCUT2D eigenvalue weighted by atomic mass is 35.5. The molecule has 42 valence electrons. The third kappa shape index (κ3) is 1.10. The van der Waals surface area contributed by atoms with Crippen molar-refractivity contribution in [1.29, 1.82) is 0 Å². The van der Waals surface area contributed by atoms with E-state index in [4.69, 9.17) is 17.3 Å². The van der Waals surface area contributed by atoms with Crippen LogP contribution in [0.1, 0.15) is 0 Å². The fourth-order valence-corrected chi connectivity index (χ4v) is 0.643. The molecule has 1 heterocycles. The Kier molecular flexibility index (Phi) is 1.35.